The highest BCUT2D eigenvalue weighted by Gasteiger charge is 2.13. The second kappa shape index (κ2) is 8.32. The van der Waals surface area contributed by atoms with Crippen LogP contribution in [-0.4, -0.2) is 41.1 Å². The Kier molecular flexibility index (Phi) is 5.44. The van der Waals surface area contributed by atoms with Crippen LogP contribution >= 0.6 is 11.3 Å². The van der Waals surface area contributed by atoms with Crippen LogP contribution in [0.25, 0.3) is 17.1 Å². The Bertz CT molecular complexity index is 1170. The lowest BCUT2D eigenvalue weighted by Gasteiger charge is -2.08. The van der Waals surface area contributed by atoms with Gasteiger partial charge >= 0.3 is 0 Å². The second-order valence-corrected chi connectivity index (χ2v) is 7.18. The standard InChI is InChI=1S/C21H20N4O3S/c1-26-16-7-5-4-6-15(16)9-11-20-24-25-19(22-23-21(25)29-20)13-14-8-10-17(27-2)18(12-14)28-3/h4-12H,13H2,1-3H3. The maximum absolute atomic E-state index is 5.38. The maximum atomic E-state index is 5.38. The summed E-state index contributed by atoms with van der Waals surface area (Å²) in [5, 5.41) is 14.0. The fraction of sp³-hybridized carbons (Fsp3) is 0.190. The van der Waals surface area contributed by atoms with Gasteiger partial charge in [-0.3, -0.25) is 0 Å². The molecule has 0 amide bonds. The molecule has 2 heterocycles. The number of nitrogens with zero attached hydrogens (tertiary/aromatic N) is 4. The molecule has 7 nitrogen and oxygen atoms in total. The smallest absolute Gasteiger partial charge is 0.234 e. The van der Waals surface area contributed by atoms with Crippen molar-refractivity contribution < 1.29 is 14.2 Å². The van der Waals surface area contributed by atoms with E-state index in [0.717, 1.165) is 32.7 Å². The van der Waals surface area contributed by atoms with Crippen molar-refractivity contribution >= 4 is 28.4 Å². The fourth-order valence-corrected chi connectivity index (χ4v) is 3.75. The van der Waals surface area contributed by atoms with Gasteiger partial charge in [0.15, 0.2) is 17.3 Å². The SMILES string of the molecule is COc1ccccc1C=Cc1nn2c(Cc3ccc(OC)c(OC)c3)nnc2s1. The van der Waals surface area contributed by atoms with E-state index in [0.29, 0.717) is 17.9 Å². The van der Waals surface area contributed by atoms with E-state index in [2.05, 4.69) is 15.3 Å². The number of hydrogen-bond donors (Lipinski definition) is 0. The van der Waals surface area contributed by atoms with Crippen molar-refractivity contribution in [2.75, 3.05) is 21.3 Å². The fourth-order valence-electron chi connectivity index (χ4n) is 2.99. The molecule has 0 aliphatic rings. The summed E-state index contributed by atoms with van der Waals surface area (Å²) in [6.07, 6.45) is 4.52. The van der Waals surface area contributed by atoms with E-state index in [-0.39, 0.29) is 0 Å². The molecule has 0 saturated carbocycles. The summed E-state index contributed by atoms with van der Waals surface area (Å²) in [5.74, 6) is 2.96. The minimum absolute atomic E-state index is 0.584. The van der Waals surface area contributed by atoms with Crippen molar-refractivity contribution in [3.8, 4) is 17.2 Å². The van der Waals surface area contributed by atoms with Crippen LogP contribution in [0.1, 0.15) is 22.0 Å². The predicted octanol–water partition coefficient (Wildman–Crippen LogP) is 3.97. The van der Waals surface area contributed by atoms with Crippen molar-refractivity contribution in [1.82, 2.24) is 19.8 Å². The van der Waals surface area contributed by atoms with Gasteiger partial charge in [0.25, 0.3) is 0 Å². The maximum Gasteiger partial charge on any atom is 0.234 e. The monoisotopic (exact) mass is 408 g/mol. The molecule has 0 N–H and O–H groups in total. The molecule has 4 rings (SSSR count). The molecule has 0 aliphatic heterocycles. The van der Waals surface area contributed by atoms with Gasteiger partial charge in [-0.2, -0.15) is 9.61 Å². The first-order chi connectivity index (χ1) is 14.2. The minimum Gasteiger partial charge on any atom is -0.496 e. The molecule has 4 aromatic rings. The molecule has 2 aromatic carbocycles. The Morgan fingerprint density at radius 3 is 2.48 bits per heavy atom. The van der Waals surface area contributed by atoms with E-state index in [9.17, 15) is 0 Å². The van der Waals surface area contributed by atoms with Gasteiger partial charge in [-0.1, -0.05) is 35.6 Å². The molecule has 0 fully saturated rings. The van der Waals surface area contributed by atoms with Crippen molar-refractivity contribution in [1.29, 1.82) is 0 Å². The Balaban J connectivity index is 1.59. The average molecular weight is 408 g/mol. The van der Waals surface area contributed by atoms with E-state index >= 15 is 0 Å². The number of para-hydroxylation sites is 1. The minimum atomic E-state index is 0.584. The van der Waals surface area contributed by atoms with Crippen molar-refractivity contribution in [3.63, 3.8) is 0 Å². The molecule has 0 spiro atoms. The van der Waals surface area contributed by atoms with E-state index in [1.54, 1.807) is 25.8 Å². The van der Waals surface area contributed by atoms with Crippen LogP contribution in [0.2, 0.25) is 0 Å². The number of hydrogen-bond acceptors (Lipinski definition) is 7. The van der Waals surface area contributed by atoms with E-state index in [1.165, 1.54) is 11.3 Å². The van der Waals surface area contributed by atoms with Crippen molar-refractivity contribution in [3.05, 3.63) is 64.4 Å². The van der Waals surface area contributed by atoms with Gasteiger partial charge in [-0.15, -0.1) is 10.2 Å². The molecule has 0 aliphatic carbocycles. The van der Waals surface area contributed by atoms with Gasteiger partial charge in [0, 0.05) is 12.0 Å². The van der Waals surface area contributed by atoms with Crippen molar-refractivity contribution in [2.45, 2.75) is 6.42 Å². The lowest BCUT2D eigenvalue weighted by molar-refractivity contribution is 0.354. The highest BCUT2D eigenvalue weighted by molar-refractivity contribution is 7.17. The number of methoxy groups -OCH3 is 3. The molecule has 2 aromatic heterocycles. The van der Waals surface area contributed by atoms with Gasteiger partial charge in [0.05, 0.1) is 21.3 Å². The Morgan fingerprint density at radius 1 is 0.897 bits per heavy atom. The molecule has 0 radical (unpaired) electrons. The highest BCUT2D eigenvalue weighted by atomic mass is 32.1. The number of ether oxygens (including phenoxy) is 3. The highest BCUT2D eigenvalue weighted by Crippen LogP contribution is 2.28. The summed E-state index contributed by atoms with van der Waals surface area (Å²) in [6.45, 7) is 0. The molecular formula is C21H20N4O3S. The molecule has 0 unspecified atom stereocenters. The summed E-state index contributed by atoms with van der Waals surface area (Å²) in [7, 11) is 4.91. The van der Waals surface area contributed by atoms with E-state index in [4.69, 9.17) is 14.2 Å². The third-order valence-electron chi connectivity index (χ3n) is 4.43. The first-order valence-electron chi connectivity index (χ1n) is 8.95. The molecule has 0 saturated heterocycles. The molecule has 8 heteroatoms. The largest absolute Gasteiger partial charge is 0.496 e. The number of benzene rings is 2. The van der Waals surface area contributed by atoms with Crippen LogP contribution in [0.4, 0.5) is 0 Å². The number of rotatable bonds is 7. The van der Waals surface area contributed by atoms with E-state index in [1.807, 2.05) is 54.6 Å². The summed E-state index contributed by atoms with van der Waals surface area (Å²) in [6, 6.07) is 13.7. The van der Waals surface area contributed by atoms with Crippen molar-refractivity contribution in [2.24, 2.45) is 0 Å². The Morgan fingerprint density at radius 2 is 1.69 bits per heavy atom. The van der Waals surface area contributed by atoms with Crippen LogP contribution in [0, 0.1) is 0 Å². The Hall–Kier alpha value is -3.39. The first-order valence-corrected chi connectivity index (χ1v) is 9.76. The zero-order valence-electron chi connectivity index (χ0n) is 16.3. The van der Waals surface area contributed by atoms with Gasteiger partial charge in [0.1, 0.15) is 10.8 Å². The lowest BCUT2D eigenvalue weighted by Crippen LogP contribution is -1.99. The predicted molar refractivity (Wildman–Crippen MR) is 113 cm³/mol. The topological polar surface area (TPSA) is 70.8 Å². The molecule has 29 heavy (non-hydrogen) atoms. The summed E-state index contributed by atoms with van der Waals surface area (Å²) in [5.41, 5.74) is 2.03. The van der Waals surface area contributed by atoms with Gasteiger partial charge in [-0.25, -0.2) is 0 Å². The van der Waals surface area contributed by atoms with E-state index < -0.39 is 0 Å². The Labute approximate surface area is 172 Å². The normalized spacial score (nSPS) is 11.3. The summed E-state index contributed by atoms with van der Waals surface area (Å²) < 4.78 is 17.8. The molecular weight excluding hydrogens is 388 g/mol. The van der Waals surface area contributed by atoms with Gasteiger partial charge in [0.2, 0.25) is 4.96 Å². The van der Waals surface area contributed by atoms with Gasteiger partial charge < -0.3 is 14.2 Å². The van der Waals surface area contributed by atoms with Crippen LogP contribution < -0.4 is 14.2 Å². The number of aromatic nitrogens is 4. The number of fused-ring (bicyclic) bond motifs is 1. The van der Waals surface area contributed by atoms with Crippen LogP contribution in [0.5, 0.6) is 17.2 Å². The second-order valence-electron chi connectivity index (χ2n) is 6.19. The third-order valence-corrected chi connectivity index (χ3v) is 5.29. The zero-order valence-corrected chi connectivity index (χ0v) is 17.1. The van der Waals surface area contributed by atoms with Crippen LogP contribution in [0.15, 0.2) is 42.5 Å². The lowest BCUT2D eigenvalue weighted by atomic mass is 10.1. The quantitative estimate of drug-likeness (QED) is 0.461. The molecule has 148 valence electrons. The molecule has 0 atom stereocenters. The first kappa shape index (κ1) is 18.9. The third kappa shape index (κ3) is 3.93. The molecule has 0 bridgehead atoms. The van der Waals surface area contributed by atoms with Crippen LogP contribution in [-0.2, 0) is 6.42 Å². The summed E-state index contributed by atoms with van der Waals surface area (Å²) in [4.78, 5) is 0.750. The zero-order chi connectivity index (χ0) is 20.2. The summed E-state index contributed by atoms with van der Waals surface area (Å²) >= 11 is 1.48. The van der Waals surface area contributed by atoms with Gasteiger partial charge in [-0.05, 0) is 35.9 Å². The average Bonchev–Trinajstić information content (AvgIpc) is 3.33. The van der Waals surface area contributed by atoms with Crippen LogP contribution in [0.3, 0.4) is 0 Å².